The van der Waals surface area contributed by atoms with Crippen molar-refractivity contribution in [1.82, 2.24) is 9.47 Å². The Morgan fingerprint density at radius 2 is 2.11 bits per heavy atom. The van der Waals surface area contributed by atoms with Crippen molar-refractivity contribution < 1.29 is 19.1 Å². The number of likely N-dealkylation sites (N-methyl/N-ethyl adjacent to an activating group) is 1. The minimum atomic E-state index is -1.64. The highest BCUT2D eigenvalue weighted by Gasteiger charge is 2.42. The molecule has 1 aromatic carbocycles. The molecule has 1 saturated heterocycles. The van der Waals surface area contributed by atoms with Gasteiger partial charge in [0.15, 0.2) is 0 Å². The van der Waals surface area contributed by atoms with Crippen molar-refractivity contribution in [2.75, 3.05) is 13.6 Å². The lowest BCUT2D eigenvalue weighted by atomic mass is 10.0. The monoisotopic (exact) mass is 375 g/mol. The second-order valence-corrected chi connectivity index (χ2v) is 6.81. The van der Waals surface area contributed by atoms with E-state index in [1.807, 2.05) is 41.0 Å². The summed E-state index contributed by atoms with van der Waals surface area (Å²) in [6.07, 6.45) is 3.73. The van der Waals surface area contributed by atoms with Crippen LogP contribution in [0.5, 0.6) is 0 Å². The molecule has 3 heterocycles. The third-order valence-electron chi connectivity index (χ3n) is 4.90. The normalized spacial score (nSPS) is 18.9. The summed E-state index contributed by atoms with van der Waals surface area (Å²) in [6, 6.07) is 12.9. The number of primary amides is 1. The Balaban J connectivity index is 1.76. The molecule has 1 aliphatic heterocycles. The topological polar surface area (TPSA) is 92.7 Å². The molecule has 1 fully saturated rings. The molecule has 2 aromatic heterocycles. The van der Waals surface area contributed by atoms with Gasteiger partial charge in [-0.05, 0) is 18.2 Å². The first kappa shape index (κ1) is 17.8. The average molecular weight is 375 g/mol. The van der Waals surface area contributed by atoms with Crippen LogP contribution in [0.2, 0.25) is 0 Å². The second kappa shape index (κ2) is 6.51. The predicted molar refractivity (Wildman–Crippen MR) is 102 cm³/mol. The number of carbonyl (C=O) groups excluding carboxylic acids is 2. The first-order valence-electron chi connectivity index (χ1n) is 8.82. The lowest BCUT2D eigenvalue weighted by molar-refractivity contribution is -0.513. The van der Waals surface area contributed by atoms with Crippen LogP contribution in [0.4, 0.5) is 0 Å². The van der Waals surface area contributed by atoms with E-state index in [0.717, 1.165) is 11.3 Å². The molecule has 0 unspecified atom stereocenters. The highest BCUT2D eigenvalue weighted by molar-refractivity contribution is 5.90. The fourth-order valence-electron chi connectivity index (χ4n) is 3.35. The van der Waals surface area contributed by atoms with Gasteiger partial charge in [0, 0.05) is 37.7 Å². The smallest absolute Gasteiger partial charge is 0.292 e. The number of benzene rings is 1. The van der Waals surface area contributed by atoms with Crippen LogP contribution < -0.4 is 10.1 Å². The van der Waals surface area contributed by atoms with Crippen molar-refractivity contribution >= 4 is 17.5 Å². The van der Waals surface area contributed by atoms with E-state index in [-0.39, 0.29) is 12.3 Å². The molecule has 1 atom stereocenters. The van der Waals surface area contributed by atoms with E-state index in [1.54, 1.807) is 29.9 Å². The van der Waals surface area contributed by atoms with Crippen molar-refractivity contribution in [2.24, 2.45) is 5.73 Å². The molecule has 2 amide bonds. The van der Waals surface area contributed by atoms with Gasteiger partial charge in [0.25, 0.3) is 17.5 Å². The van der Waals surface area contributed by atoms with Crippen molar-refractivity contribution in [1.29, 1.82) is 0 Å². The summed E-state index contributed by atoms with van der Waals surface area (Å²) >= 11 is 0. The number of fused-ring (bicyclic) bond motifs is 1. The zero-order valence-corrected chi connectivity index (χ0v) is 15.3. The Morgan fingerprint density at radius 3 is 2.82 bits per heavy atom. The first-order valence-corrected chi connectivity index (χ1v) is 8.82. The lowest BCUT2D eigenvalue weighted by Gasteiger charge is -2.13. The van der Waals surface area contributed by atoms with E-state index >= 15 is 0 Å². The van der Waals surface area contributed by atoms with Crippen LogP contribution in [-0.2, 0) is 4.79 Å². The van der Waals surface area contributed by atoms with Gasteiger partial charge in [0.1, 0.15) is 11.9 Å². The zero-order valence-electron chi connectivity index (χ0n) is 15.3. The average Bonchev–Trinajstić information content (AvgIpc) is 3.21. The van der Waals surface area contributed by atoms with Crippen LogP contribution in [0, 0.1) is 11.8 Å². The van der Waals surface area contributed by atoms with Crippen LogP contribution in [0.25, 0.3) is 11.3 Å². The van der Waals surface area contributed by atoms with Crippen LogP contribution >= 0.6 is 0 Å². The van der Waals surface area contributed by atoms with E-state index in [4.69, 9.17) is 5.73 Å². The quantitative estimate of drug-likeness (QED) is 0.497. The Morgan fingerprint density at radius 1 is 1.29 bits per heavy atom. The van der Waals surface area contributed by atoms with Gasteiger partial charge >= 0.3 is 0 Å². The van der Waals surface area contributed by atoms with Gasteiger partial charge in [0.2, 0.25) is 11.3 Å². The molecule has 1 aliphatic rings. The van der Waals surface area contributed by atoms with Crippen LogP contribution in [0.15, 0.2) is 54.9 Å². The fraction of sp³-hybridized carbons (Fsp3) is 0.190. The number of pyridine rings is 1. The standard InChI is InChI=1S/C21H18N4O3/c1-23-12-10-21(28,20(23)27)9-8-15-5-4-6-16(13-15)25-14-17(19(22)26)24-11-3-2-7-18(24)25/h2-7,11,13-14,28H,10,12H2,1H3,(H-,22,26)/p+1/t21-/m0/s1. The number of rotatable bonds is 2. The molecule has 3 aromatic rings. The maximum Gasteiger partial charge on any atom is 0.292 e. The van der Waals surface area contributed by atoms with Crippen molar-refractivity contribution in [2.45, 2.75) is 12.0 Å². The molecular formula is C21H19N4O3+. The summed E-state index contributed by atoms with van der Waals surface area (Å²) in [7, 11) is 1.65. The maximum atomic E-state index is 12.1. The second-order valence-electron chi connectivity index (χ2n) is 6.81. The summed E-state index contributed by atoms with van der Waals surface area (Å²) in [5.41, 5.74) is 6.42. The molecule has 7 nitrogen and oxygen atoms in total. The third-order valence-corrected chi connectivity index (χ3v) is 4.90. The molecule has 0 saturated carbocycles. The summed E-state index contributed by atoms with van der Waals surface area (Å²) < 4.78 is 3.56. The minimum Gasteiger partial charge on any atom is -0.369 e. The molecule has 140 valence electrons. The summed E-state index contributed by atoms with van der Waals surface area (Å²) in [4.78, 5) is 25.3. The molecule has 0 radical (unpaired) electrons. The maximum absolute atomic E-state index is 12.1. The molecular weight excluding hydrogens is 356 g/mol. The molecule has 0 bridgehead atoms. The van der Waals surface area contributed by atoms with E-state index in [1.165, 1.54) is 4.90 Å². The third kappa shape index (κ3) is 2.90. The van der Waals surface area contributed by atoms with Gasteiger partial charge < -0.3 is 15.7 Å². The number of aliphatic hydroxyl groups is 1. The number of hydrogen-bond donors (Lipinski definition) is 2. The minimum absolute atomic E-state index is 0.288. The molecule has 0 spiro atoms. The van der Waals surface area contributed by atoms with Crippen molar-refractivity contribution in [3.05, 3.63) is 66.1 Å². The van der Waals surface area contributed by atoms with E-state index in [9.17, 15) is 14.7 Å². The van der Waals surface area contributed by atoms with Gasteiger partial charge in [-0.15, -0.1) is 0 Å². The van der Waals surface area contributed by atoms with Gasteiger partial charge in [-0.1, -0.05) is 24.0 Å². The summed E-state index contributed by atoms with van der Waals surface area (Å²) in [6.45, 7) is 0.479. The SMILES string of the molecule is CN1CC[C@@](O)(C#Cc2cccc(-n3cc(C(N)=O)[n+]4ccccc34)c2)C1=O. The van der Waals surface area contributed by atoms with Gasteiger partial charge in [-0.2, -0.15) is 8.97 Å². The van der Waals surface area contributed by atoms with E-state index in [0.29, 0.717) is 17.8 Å². The number of carbonyl (C=O) groups is 2. The largest absolute Gasteiger partial charge is 0.369 e. The van der Waals surface area contributed by atoms with Gasteiger partial charge in [0.05, 0.1) is 6.20 Å². The lowest BCUT2D eigenvalue weighted by Crippen LogP contribution is -2.37. The summed E-state index contributed by atoms with van der Waals surface area (Å²) in [5.74, 6) is 4.72. The number of hydrogen-bond acceptors (Lipinski definition) is 3. The van der Waals surface area contributed by atoms with Crippen LogP contribution in [0.1, 0.15) is 22.5 Å². The Hall–Kier alpha value is -3.63. The highest BCUT2D eigenvalue weighted by atomic mass is 16.3. The van der Waals surface area contributed by atoms with Gasteiger partial charge in [-0.25, -0.2) is 0 Å². The number of imidazole rings is 1. The molecule has 4 rings (SSSR count). The predicted octanol–water partition coefficient (Wildman–Crippen LogP) is 0.260. The highest BCUT2D eigenvalue weighted by Crippen LogP contribution is 2.21. The number of aromatic nitrogens is 2. The molecule has 7 heteroatoms. The molecule has 3 N–H and O–H groups in total. The zero-order chi connectivity index (χ0) is 19.9. The molecule has 28 heavy (non-hydrogen) atoms. The molecule has 0 aliphatic carbocycles. The number of nitrogens with zero attached hydrogens (tertiary/aromatic N) is 3. The number of amides is 2. The van der Waals surface area contributed by atoms with Crippen molar-refractivity contribution in [3.63, 3.8) is 0 Å². The Kier molecular flexibility index (Phi) is 4.13. The van der Waals surface area contributed by atoms with Crippen molar-refractivity contribution in [3.8, 4) is 17.5 Å². The van der Waals surface area contributed by atoms with Crippen LogP contribution in [0.3, 0.4) is 0 Å². The first-order chi connectivity index (χ1) is 13.4. The fourth-order valence-corrected chi connectivity index (χ4v) is 3.35. The van der Waals surface area contributed by atoms with Gasteiger partial charge in [-0.3, -0.25) is 9.59 Å². The Labute approximate surface area is 161 Å². The number of nitrogens with two attached hydrogens (primary N) is 1. The van der Waals surface area contributed by atoms with E-state index in [2.05, 4.69) is 11.8 Å². The Bertz CT molecular complexity index is 1170. The number of likely N-dealkylation sites (tertiary alicyclic amines) is 1. The van der Waals surface area contributed by atoms with E-state index < -0.39 is 11.5 Å². The van der Waals surface area contributed by atoms with Crippen LogP contribution in [-0.4, -0.2) is 45.6 Å². The summed E-state index contributed by atoms with van der Waals surface area (Å²) in [5, 5.41) is 10.5.